The predicted octanol–water partition coefficient (Wildman–Crippen LogP) is 3.41. The van der Waals surface area contributed by atoms with Crippen molar-refractivity contribution < 1.29 is 5.11 Å². The van der Waals surface area contributed by atoms with E-state index >= 15 is 0 Å². The molecule has 3 nitrogen and oxygen atoms in total. The highest BCUT2D eigenvalue weighted by atomic mass is 16.3. The van der Waals surface area contributed by atoms with E-state index in [0.29, 0.717) is 18.1 Å². The van der Waals surface area contributed by atoms with Crippen LogP contribution in [0.3, 0.4) is 0 Å². The maximum absolute atomic E-state index is 10.2. The standard InChI is InChI=1S/C20H32N2O/c1-15-6-5-7-17(14-15)16(2)21-18-10-12-22(13-11-18)19-8-3-4-9-20(19)23/h5-7,14,16,18-21,23H,3-4,8-13H2,1-2H3. The highest BCUT2D eigenvalue weighted by Gasteiger charge is 2.31. The summed E-state index contributed by atoms with van der Waals surface area (Å²) in [5.74, 6) is 0. The second kappa shape index (κ2) is 7.78. The van der Waals surface area contributed by atoms with Crippen molar-refractivity contribution in [3.8, 4) is 0 Å². The van der Waals surface area contributed by atoms with Crippen molar-refractivity contribution in [1.82, 2.24) is 10.2 Å². The van der Waals surface area contributed by atoms with Gasteiger partial charge < -0.3 is 10.4 Å². The number of aryl methyl sites for hydroxylation is 1. The van der Waals surface area contributed by atoms with Gasteiger partial charge in [0.15, 0.2) is 0 Å². The third kappa shape index (κ3) is 4.34. The smallest absolute Gasteiger partial charge is 0.0695 e. The van der Waals surface area contributed by atoms with Crippen LogP contribution in [0.5, 0.6) is 0 Å². The Kier molecular flexibility index (Phi) is 5.73. The zero-order chi connectivity index (χ0) is 16.2. The second-order valence-electron chi connectivity index (χ2n) is 7.53. The third-order valence-electron chi connectivity index (χ3n) is 5.72. The van der Waals surface area contributed by atoms with Gasteiger partial charge in [0.2, 0.25) is 0 Å². The van der Waals surface area contributed by atoms with Crippen LogP contribution in [0.15, 0.2) is 24.3 Å². The molecule has 1 aliphatic heterocycles. The van der Waals surface area contributed by atoms with Gasteiger partial charge in [-0.05, 0) is 45.1 Å². The van der Waals surface area contributed by atoms with Crippen LogP contribution in [-0.4, -0.2) is 41.3 Å². The van der Waals surface area contributed by atoms with Crippen LogP contribution in [0.2, 0.25) is 0 Å². The Morgan fingerprint density at radius 2 is 1.87 bits per heavy atom. The zero-order valence-corrected chi connectivity index (χ0v) is 14.7. The first-order valence-electron chi connectivity index (χ1n) is 9.38. The molecule has 128 valence electrons. The fourth-order valence-electron chi connectivity index (χ4n) is 4.30. The first kappa shape index (κ1) is 16.9. The Hall–Kier alpha value is -0.900. The molecule has 0 aromatic heterocycles. The van der Waals surface area contributed by atoms with E-state index in [-0.39, 0.29) is 6.10 Å². The molecular formula is C20H32N2O. The molecule has 2 N–H and O–H groups in total. The van der Waals surface area contributed by atoms with E-state index in [1.54, 1.807) is 0 Å². The number of benzene rings is 1. The summed E-state index contributed by atoms with van der Waals surface area (Å²) in [4.78, 5) is 2.54. The predicted molar refractivity (Wildman–Crippen MR) is 95.6 cm³/mol. The first-order chi connectivity index (χ1) is 11.1. The summed E-state index contributed by atoms with van der Waals surface area (Å²) in [5.41, 5.74) is 2.72. The van der Waals surface area contributed by atoms with E-state index in [1.165, 1.54) is 43.2 Å². The molecule has 3 heteroatoms. The summed E-state index contributed by atoms with van der Waals surface area (Å²) in [6.45, 7) is 6.68. The minimum Gasteiger partial charge on any atom is -0.391 e. The van der Waals surface area contributed by atoms with E-state index in [1.807, 2.05) is 0 Å². The first-order valence-corrected chi connectivity index (χ1v) is 9.38. The molecule has 2 fully saturated rings. The number of piperidine rings is 1. The van der Waals surface area contributed by atoms with Gasteiger partial charge in [0.05, 0.1) is 6.10 Å². The molecule has 0 radical (unpaired) electrons. The molecule has 0 amide bonds. The van der Waals surface area contributed by atoms with Crippen LogP contribution in [0.4, 0.5) is 0 Å². The van der Waals surface area contributed by atoms with Gasteiger partial charge in [-0.15, -0.1) is 0 Å². The fraction of sp³-hybridized carbons (Fsp3) is 0.700. The van der Waals surface area contributed by atoms with E-state index in [2.05, 4.69) is 48.3 Å². The van der Waals surface area contributed by atoms with Crippen LogP contribution in [0.1, 0.15) is 62.6 Å². The van der Waals surface area contributed by atoms with E-state index < -0.39 is 0 Å². The summed E-state index contributed by atoms with van der Waals surface area (Å²) < 4.78 is 0. The van der Waals surface area contributed by atoms with Crippen molar-refractivity contribution >= 4 is 0 Å². The summed E-state index contributed by atoms with van der Waals surface area (Å²) in [6, 6.07) is 10.2. The second-order valence-corrected chi connectivity index (χ2v) is 7.53. The normalized spacial score (nSPS) is 28.7. The summed E-state index contributed by atoms with van der Waals surface area (Å²) in [5, 5.41) is 14.1. The molecule has 1 aromatic rings. The molecule has 1 aromatic carbocycles. The van der Waals surface area contributed by atoms with Crippen molar-refractivity contribution in [2.24, 2.45) is 0 Å². The number of nitrogens with zero attached hydrogens (tertiary/aromatic N) is 1. The van der Waals surface area contributed by atoms with Crippen LogP contribution in [0.25, 0.3) is 0 Å². The number of rotatable bonds is 4. The monoisotopic (exact) mass is 316 g/mol. The number of hydrogen-bond donors (Lipinski definition) is 2. The number of hydrogen-bond acceptors (Lipinski definition) is 3. The van der Waals surface area contributed by atoms with Crippen LogP contribution in [-0.2, 0) is 0 Å². The lowest BCUT2D eigenvalue weighted by molar-refractivity contribution is 0.00671. The van der Waals surface area contributed by atoms with E-state index in [4.69, 9.17) is 0 Å². The molecule has 3 atom stereocenters. The zero-order valence-electron chi connectivity index (χ0n) is 14.7. The van der Waals surface area contributed by atoms with Gasteiger partial charge in [-0.1, -0.05) is 42.7 Å². The molecule has 23 heavy (non-hydrogen) atoms. The summed E-state index contributed by atoms with van der Waals surface area (Å²) >= 11 is 0. The minimum atomic E-state index is -0.0977. The SMILES string of the molecule is Cc1cccc(C(C)NC2CCN(C3CCCCC3O)CC2)c1. The Morgan fingerprint density at radius 3 is 2.57 bits per heavy atom. The third-order valence-corrected chi connectivity index (χ3v) is 5.72. The molecule has 3 unspecified atom stereocenters. The molecule has 1 saturated heterocycles. The molecule has 1 aliphatic carbocycles. The van der Waals surface area contributed by atoms with E-state index in [0.717, 1.165) is 19.5 Å². The highest BCUT2D eigenvalue weighted by molar-refractivity contribution is 5.24. The lowest BCUT2D eigenvalue weighted by Crippen LogP contribution is -2.51. The van der Waals surface area contributed by atoms with Crippen LogP contribution in [0, 0.1) is 6.92 Å². The topological polar surface area (TPSA) is 35.5 Å². The Bertz CT molecular complexity index is 496. The number of nitrogens with one attached hydrogen (secondary N) is 1. The molecule has 0 bridgehead atoms. The quantitative estimate of drug-likeness (QED) is 0.893. The molecule has 3 rings (SSSR count). The maximum Gasteiger partial charge on any atom is 0.0695 e. The minimum absolute atomic E-state index is 0.0977. The summed E-state index contributed by atoms with van der Waals surface area (Å²) in [6.07, 6.45) is 6.94. The molecule has 0 spiro atoms. The average molecular weight is 316 g/mol. The molecule has 2 aliphatic rings. The van der Waals surface area contributed by atoms with Crippen molar-refractivity contribution in [1.29, 1.82) is 0 Å². The van der Waals surface area contributed by atoms with Gasteiger partial charge in [0.25, 0.3) is 0 Å². The van der Waals surface area contributed by atoms with Crippen molar-refractivity contribution in [3.05, 3.63) is 35.4 Å². The largest absolute Gasteiger partial charge is 0.391 e. The van der Waals surface area contributed by atoms with Crippen molar-refractivity contribution in [3.63, 3.8) is 0 Å². The van der Waals surface area contributed by atoms with Gasteiger partial charge in [0, 0.05) is 31.2 Å². The van der Waals surface area contributed by atoms with Crippen molar-refractivity contribution in [2.45, 2.75) is 76.6 Å². The van der Waals surface area contributed by atoms with Gasteiger partial charge in [-0.25, -0.2) is 0 Å². The lowest BCUT2D eigenvalue weighted by Gasteiger charge is -2.42. The number of aliphatic hydroxyl groups excluding tert-OH is 1. The lowest BCUT2D eigenvalue weighted by atomic mass is 9.89. The Morgan fingerprint density at radius 1 is 1.13 bits per heavy atom. The summed E-state index contributed by atoms with van der Waals surface area (Å²) in [7, 11) is 0. The molecule has 1 heterocycles. The fourth-order valence-corrected chi connectivity index (χ4v) is 4.30. The Labute approximate surface area is 141 Å². The molecular weight excluding hydrogens is 284 g/mol. The maximum atomic E-state index is 10.2. The number of likely N-dealkylation sites (tertiary alicyclic amines) is 1. The average Bonchev–Trinajstić information content (AvgIpc) is 2.56. The number of aliphatic hydroxyl groups is 1. The van der Waals surface area contributed by atoms with Crippen molar-refractivity contribution in [2.75, 3.05) is 13.1 Å². The van der Waals surface area contributed by atoms with E-state index in [9.17, 15) is 5.11 Å². The molecule has 1 saturated carbocycles. The van der Waals surface area contributed by atoms with Gasteiger partial charge >= 0.3 is 0 Å². The van der Waals surface area contributed by atoms with Crippen LogP contribution < -0.4 is 5.32 Å². The Balaban J connectivity index is 1.49. The van der Waals surface area contributed by atoms with Gasteiger partial charge in [0.1, 0.15) is 0 Å². The highest BCUT2D eigenvalue weighted by Crippen LogP contribution is 2.26. The van der Waals surface area contributed by atoms with Crippen LogP contribution >= 0.6 is 0 Å². The van der Waals surface area contributed by atoms with Gasteiger partial charge in [-0.3, -0.25) is 4.90 Å². The van der Waals surface area contributed by atoms with Gasteiger partial charge in [-0.2, -0.15) is 0 Å².